The Bertz CT molecular complexity index is 768. The van der Waals surface area contributed by atoms with Gasteiger partial charge >= 0.3 is 0 Å². The van der Waals surface area contributed by atoms with Gasteiger partial charge in [0.1, 0.15) is 17.7 Å². The molecule has 0 saturated carbocycles. The predicted molar refractivity (Wildman–Crippen MR) is 99.5 cm³/mol. The lowest BCUT2D eigenvalue weighted by Crippen LogP contribution is -2.30. The fourth-order valence-electron chi connectivity index (χ4n) is 2.26. The molecule has 0 heterocycles. The summed E-state index contributed by atoms with van der Waals surface area (Å²) in [5.74, 6) is 0.487. The molecule has 1 N–H and O–H groups in total. The Labute approximate surface area is 154 Å². The Hall–Kier alpha value is -3.25. The number of nitrogens with one attached hydrogen (secondary N) is 1. The lowest BCUT2D eigenvalue weighted by Gasteiger charge is -2.15. The van der Waals surface area contributed by atoms with Gasteiger partial charge in [0.25, 0.3) is 5.91 Å². The minimum absolute atomic E-state index is 0.00334. The van der Waals surface area contributed by atoms with Gasteiger partial charge < -0.3 is 14.8 Å². The van der Waals surface area contributed by atoms with E-state index in [2.05, 4.69) is 11.9 Å². The van der Waals surface area contributed by atoms with Crippen molar-refractivity contribution in [3.8, 4) is 23.6 Å². The standard InChI is InChI=1S/C20H23N3O3/c1-5-7-16-10-15(11-17(13-22)20(24)23-14(3)4)12-18(25-6-2)19(16)26-9-8-21/h5,10-12,14H,1,6-7,9H2,2-4H3,(H,23,24)/b17-11-. The van der Waals surface area contributed by atoms with Crippen molar-refractivity contribution >= 4 is 12.0 Å². The fourth-order valence-corrected chi connectivity index (χ4v) is 2.26. The zero-order valence-corrected chi connectivity index (χ0v) is 15.3. The number of hydrogen-bond donors (Lipinski definition) is 1. The van der Waals surface area contributed by atoms with Crippen LogP contribution in [0.15, 0.2) is 30.4 Å². The lowest BCUT2D eigenvalue weighted by molar-refractivity contribution is -0.117. The highest BCUT2D eigenvalue weighted by Gasteiger charge is 2.15. The van der Waals surface area contributed by atoms with Crippen LogP contribution in [-0.4, -0.2) is 25.2 Å². The van der Waals surface area contributed by atoms with Crippen molar-refractivity contribution in [1.29, 1.82) is 10.5 Å². The molecule has 0 spiro atoms. The zero-order valence-electron chi connectivity index (χ0n) is 15.3. The number of rotatable bonds is 9. The first-order chi connectivity index (χ1) is 12.5. The van der Waals surface area contributed by atoms with Gasteiger partial charge in [0.05, 0.1) is 6.61 Å². The minimum atomic E-state index is -0.435. The van der Waals surface area contributed by atoms with Crippen LogP contribution in [0.2, 0.25) is 0 Å². The summed E-state index contributed by atoms with van der Waals surface area (Å²) in [4.78, 5) is 12.1. The van der Waals surface area contributed by atoms with Crippen LogP contribution in [0, 0.1) is 22.7 Å². The molecule has 0 fully saturated rings. The van der Waals surface area contributed by atoms with E-state index in [1.54, 1.807) is 18.2 Å². The van der Waals surface area contributed by atoms with Crippen LogP contribution in [0.5, 0.6) is 11.5 Å². The van der Waals surface area contributed by atoms with E-state index in [1.807, 2.05) is 32.9 Å². The van der Waals surface area contributed by atoms with Crippen molar-refractivity contribution in [3.05, 3.63) is 41.5 Å². The number of amides is 1. The molecule has 0 bridgehead atoms. The molecule has 6 heteroatoms. The molecule has 1 aromatic carbocycles. The average molecular weight is 353 g/mol. The van der Waals surface area contributed by atoms with E-state index in [-0.39, 0.29) is 18.2 Å². The third-order valence-corrected chi connectivity index (χ3v) is 3.20. The van der Waals surface area contributed by atoms with Gasteiger partial charge in [0, 0.05) is 11.6 Å². The number of nitriles is 2. The number of carbonyl (C=O) groups is 1. The van der Waals surface area contributed by atoms with E-state index in [1.165, 1.54) is 6.08 Å². The van der Waals surface area contributed by atoms with Crippen LogP contribution in [0.3, 0.4) is 0 Å². The summed E-state index contributed by atoms with van der Waals surface area (Å²) in [6.45, 7) is 9.50. The minimum Gasteiger partial charge on any atom is -0.490 e. The van der Waals surface area contributed by atoms with E-state index in [0.29, 0.717) is 30.1 Å². The van der Waals surface area contributed by atoms with Crippen molar-refractivity contribution in [2.24, 2.45) is 0 Å². The third kappa shape index (κ3) is 5.99. The van der Waals surface area contributed by atoms with Crippen LogP contribution in [-0.2, 0) is 11.2 Å². The smallest absolute Gasteiger partial charge is 0.262 e. The Balaban J connectivity index is 3.40. The second kappa shape index (κ2) is 10.6. The monoisotopic (exact) mass is 353 g/mol. The quantitative estimate of drug-likeness (QED) is 0.418. The molecule has 0 aliphatic heterocycles. The van der Waals surface area contributed by atoms with Gasteiger partial charge in [-0.2, -0.15) is 10.5 Å². The molecule has 6 nitrogen and oxygen atoms in total. The second-order valence-electron chi connectivity index (χ2n) is 5.68. The van der Waals surface area contributed by atoms with E-state index in [0.717, 1.165) is 5.56 Å². The first kappa shape index (κ1) is 20.8. The molecule has 26 heavy (non-hydrogen) atoms. The Morgan fingerprint density at radius 1 is 1.35 bits per heavy atom. The maximum absolute atomic E-state index is 12.1. The molecule has 0 aliphatic carbocycles. The van der Waals surface area contributed by atoms with Gasteiger partial charge in [-0.3, -0.25) is 4.79 Å². The van der Waals surface area contributed by atoms with Crippen molar-refractivity contribution in [3.63, 3.8) is 0 Å². The molecule has 0 aromatic heterocycles. The molecule has 0 aliphatic rings. The summed E-state index contributed by atoms with van der Waals surface area (Å²) in [6, 6.07) is 7.25. The maximum Gasteiger partial charge on any atom is 0.262 e. The molecule has 0 unspecified atom stereocenters. The fraction of sp³-hybridized carbons (Fsp3) is 0.350. The summed E-state index contributed by atoms with van der Waals surface area (Å²) >= 11 is 0. The molecule has 1 amide bonds. The number of hydrogen-bond acceptors (Lipinski definition) is 5. The van der Waals surface area contributed by atoms with E-state index < -0.39 is 5.91 Å². The summed E-state index contributed by atoms with van der Waals surface area (Å²) < 4.78 is 11.1. The van der Waals surface area contributed by atoms with Crippen molar-refractivity contribution in [2.45, 2.75) is 33.2 Å². The number of carbonyl (C=O) groups excluding carboxylic acids is 1. The van der Waals surface area contributed by atoms with Crippen LogP contribution in [0.4, 0.5) is 0 Å². The highest BCUT2D eigenvalue weighted by molar-refractivity contribution is 6.01. The van der Waals surface area contributed by atoms with Crippen molar-refractivity contribution < 1.29 is 14.3 Å². The average Bonchev–Trinajstić information content (AvgIpc) is 2.58. The van der Waals surface area contributed by atoms with E-state index in [9.17, 15) is 10.1 Å². The van der Waals surface area contributed by atoms with E-state index in [4.69, 9.17) is 14.7 Å². The topological polar surface area (TPSA) is 95.1 Å². The molecule has 1 rings (SSSR count). The largest absolute Gasteiger partial charge is 0.490 e. The number of allylic oxidation sites excluding steroid dienone is 1. The number of ether oxygens (including phenoxy) is 2. The van der Waals surface area contributed by atoms with Crippen molar-refractivity contribution in [2.75, 3.05) is 13.2 Å². The van der Waals surface area contributed by atoms with Crippen LogP contribution in [0.25, 0.3) is 6.08 Å². The molecule has 1 aromatic rings. The maximum atomic E-state index is 12.1. The van der Waals surface area contributed by atoms with Crippen LogP contribution < -0.4 is 14.8 Å². The molecule has 0 saturated heterocycles. The normalized spacial score (nSPS) is 10.6. The van der Waals surface area contributed by atoms with Crippen LogP contribution in [0.1, 0.15) is 31.9 Å². The van der Waals surface area contributed by atoms with Gasteiger partial charge in [-0.05, 0) is 51.0 Å². The molecule has 0 radical (unpaired) electrons. The second-order valence-corrected chi connectivity index (χ2v) is 5.68. The van der Waals surface area contributed by atoms with Crippen molar-refractivity contribution in [1.82, 2.24) is 5.32 Å². The Morgan fingerprint density at radius 3 is 2.62 bits per heavy atom. The first-order valence-corrected chi connectivity index (χ1v) is 8.29. The lowest BCUT2D eigenvalue weighted by atomic mass is 10.0. The summed E-state index contributed by atoms with van der Waals surface area (Å²) in [5.41, 5.74) is 1.38. The highest BCUT2D eigenvalue weighted by Crippen LogP contribution is 2.34. The molecular weight excluding hydrogens is 330 g/mol. The molecular formula is C20H23N3O3. The SMILES string of the molecule is C=CCc1cc(/C=C(/C#N)C(=O)NC(C)C)cc(OCC)c1OCC#N. The van der Waals surface area contributed by atoms with E-state index >= 15 is 0 Å². The van der Waals surface area contributed by atoms with Gasteiger partial charge in [-0.25, -0.2) is 0 Å². The van der Waals surface area contributed by atoms with Gasteiger partial charge in [-0.1, -0.05) is 6.08 Å². The Kier molecular flexibility index (Phi) is 8.46. The number of nitrogens with zero attached hydrogens (tertiary/aromatic N) is 2. The summed E-state index contributed by atoms with van der Waals surface area (Å²) in [7, 11) is 0. The third-order valence-electron chi connectivity index (χ3n) is 3.20. The highest BCUT2D eigenvalue weighted by atomic mass is 16.5. The van der Waals surface area contributed by atoms with Crippen LogP contribution >= 0.6 is 0 Å². The predicted octanol–water partition coefficient (Wildman–Crippen LogP) is 3.15. The first-order valence-electron chi connectivity index (χ1n) is 8.29. The Morgan fingerprint density at radius 2 is 2.08 bits per heavy atom. The number of benzene rings is 1. The zero-order chi connectivity index (χ0) is 19.5. The summed E-state index contributed by atoms with van der Waals surface area (Å²) in [5, 5.41) is 20.8. The van der Waals surface area contributed by atoms with Gasteiger partial charge in [-0.15, -0.1) is 6.58 Å². The molecule has 0 atom stereocenters. The van der Waals surface area contributed by atoms with Gasteiger partial charge in [0.15, 0.2) is 18.1 Å². The van der Waals surface area contributed by atoms with Gasteiger partial charge in [0.2, 0.25) is 0 Å². The summed E-state index contributed by atoms with van der Waals surface area (Å²) in [6.07, 6.45) is 3.69. The molecule has 136 valence electrons.